The molecule has 4 heterocycles. The Morgan fingerprint density at radius 2 is 1.35 bits per heavy atom. The number of hydrogen-bond acceptors (Lipinski definition) is 20. The molecule has 77 heavy (non-hydrogen) atoms. The van der Waals surface area contributed by atoms with E-state index in [1.165, 1.54) is 39.6 Å². The van der Waals surface area contributed by atoms with Crippen LogP contribution in [-0.2, 0) is 85.6 Å². The highest BCUT2D eigenvalue weighted by Gasteiger charge is 2.54. The first kappa shape index (κ1) is 64.7. The Morgan fingerprint density at radius 1 is 0.740 bits per heavy atom. The van der Waals surface area contributed by atoms with Crippen molar-refractivity contribution in [3.63, 3.8) is 0 Å². The summed E-state index contributed by atoms with van der Waals surface area (Å²) in [5.41, 5.74) is -2.39. The highest BCUT2D eigenvalue weighted by Crippen LogP contribution is 2.41. The van der Waals surface area contributed by atoms with E-state index in [-0.39, 0.29) is 37.7 Å². The normalized spacial score (nSPS) is 35.8. The molecule has 1 aromatic heterocycles. The van der Waals surface area contributed by atoms with Crippen molar-refractivity contribution in [2.45, 2.75) is 208 Å². The van der Waals surface area contributed by atoms with Crippen molar-refractivity contribution in [1.29, 1.82) is 0 Å². The number of anilines is 1. The zero-order valence-electron chi connectivity index (χ0n) is 48.9. The highest BCUT2D eigenvalue weighted by atomic mass is 16.7. The summed E-state index contributed by atoms with van der Waals surface area (Å²) in [5, 5.41) is 0. The lowest BCUT2D eigenvalue weighted by atomic mass is 9.75. The number of aromatic nitrogens is 1. The maximum Gasteiger partial charge on any atom is 0.602 e. The third-order valence-electron chi connectivity index (χ3n) is 15.0. The standard InChI is InChI=1S/C56H89N2O19/c1-29(2)24-42(62)73-46-33(6)45(32(5)28-68-53-49(67-19)48(66-18)47(36(9)70-53)71-38(11)59)75-52(64)35(8)44(74-43-27-56(15,76-40(13)61)51(37(10)69-43)72-39(12)60)31(4)25-30(3)26-55(14,50(63)34(46)7)77-54(65)58-22-20-41(21-23-58)57(16)17/h20-23,29-37,43-49,51,53H,24-28H2,1-19H3/q+1/t30-,31-,32+,33+,34-,35-,36-,37+,43+,44+,45-,46-,47-,48-,49-,51+,53-,55+,56-/m1/s1. The molecule has 21 nitrogen and oxygen atoms in total. The Morgan fingerprint density at radius 3 is 1.90 bits per heavy atom. The van der Waals surface area contributed by atoms with Gasteiger partial charge in [-0.25, -0.2) is 0 Å². The summed E-state index contributed by atoms with van der Waals surface area (Å²) >= 11 is 0. The number of carbonyl (C=O) groups is 7. The van der Waals surface area contributed by atoms with Crippen molar-refractivity contribution in [3.8, 4) is 0 Å². The summed E-state index contributed by atoms with van der Waals surface area (Å²) < 4.78 is 75.1. The Balaban J connectivity index is 1.88. The fraction of sp³-hybridized carbons (Fsp3) is 0.786. The van der Waals surface area contributed by atoms with Crippen LogP contribution in [0.1, 0.15) is 130 Å². The van der Waals surface area contributed by atoms with Gasteiger partial charge in [0.15, 0.2) is 54.2 Å². The molecule has 0 bridgehead atoms. The molecule has 1 aromatic rings. The van der Waals surface area contributed by atoms with Gasteiger partial charge in [0.1, 0.15) is 24.4 Å². The van der Waals surface area contributed by atoms with Gasteiger partial charge in [0.25, 0.3) is 0 Å². The second-order valence-corrected chi connectivity index (χ2v) is 22.7. The van der Waals surface area contributed by atoms with Crippen LogP contribution >= 0.6 is 0 Å². The van der Waals surface area contributed by atoms with E-state index in [4.69, 9.17) is 56.8 Å². The summed E-state index contributed by atoms with van der Waals surface area (Å²) in [7, 11) is 6.63. The topological polar surface area (TPSA) is 237 Å². The van der Waals surface area contributed by atoms with Crippen molar-refractivity contribution in [2.24, 2.45) is 41.4 Å². The lowest BCUT2D eigenvalue weighted by Gasteiger charge is -2.47. The molecule has 0 spiro atoms. The number of pyridine rings is 1. The van der Waals surface area contributed by atoms with E-state index in [2.05, 4.69) is 0 Å². The van der Waals surface area contributed by atoms with Crippen LogP contribution in [0.15, 0.2) is 24.5 Å². The Hall–Kier alpha value is -4.80. The van der Waals surface area contributed by atoms with Gasteiger partial charge in [-0.2, -0.15) is 4.79 Å². The van der Waals surface area contributed by atoms with Crippen LogP contribution < -0.4 is 9.47 Å². The van der Waals surface area contributed by atoms with E-state index in [9.17, 15) is 24.0 Å². The van der Waals surface area contributed by atoms with Crippen molar-refractivity contribution < 1.29 is 95.0 Å². The maximum absolute atomic E-state index is 15.5. The van der Waals surface area contributed by atoms with Gasteiger partial charge in [-0.05, 0) is 65.2 Å². The average molecular weight is 1090 g/mol. The average Bonchev–Trinajstić information content (AvgIpc) is 3.32. The van der Waals surface area contributed by atoms with Gasteiger partial charge in [-0.3, -0.25) is 28.8 Å². The summed E-state index contributed by atoms with van der Waals surface area (Å²) in [4.78, 5) is 97.5. The quantitative estimate of drug-likeness (QED) is 0.0998. The van der Waals surface area contributed by atoms with Crippen LogP contribution in [0.25, 0.3) is 0 Å². The zero-order chi connectivity index (χ0) is 58.0. The van der Waals surface area contributed by atoms with Crippen LogP contribution in [0.2, 0.25) is 0 Å². The third kappa shape index (κ3) is 16.9. The third-order valence-corrected chi connectivity index (χ3v) is 15.0. The van der Waals surface area contributed by atoms with Crippen LogP contribution in [0.3, 0.4) is 0 Å². The Bertz CT molecular complexity index is 2170. The van der Waals surface area contributed by atoms with Crippen LogP contribution in [0.5, 0.6) is 0 Å². The number of Topliss-reactive ketones (excluding diaryl/α,β-unsaturated/α-hetero) is 1. The number of nitrogens with zero attached hydrogens (tertiary/aromatic N) is 2. The molecule has 0 saturated carbocycles. The molecule has 19 atom stereocenters. The van der Waals surface area contributed by atoms with Crippen LogP contribution in [0, 0.1) is 41.4 Å². The van der Waals surface area contributed by atoms with Crippen molar-refractivity contribution in [3.05, 3.63) is 24.5 Å². The second-order valence-electron chi connectivity index (χ2n) is 22.7. The van der Waals surface area contributed by atoms with E-state index in [0.717, 1.165) is 5.69 Å². The first-order valence-electron chi connectivity index (χ1n) is 26.9. The van der Waals surface area contributed by atoms with Crippen molar-refractivity contribution >= 4 is 47.4 Å². The van der Waals surface area contributed by atoms with E-state index in [1.54, 1.807) is 79.9 Å². The minimum absolute atomic E-state index is 0.00859. The summed E-state index contributed by atoms with van der Waals surface area (Å²) in [6.45, 7) is 24.5. The number of methoxy groups -OCH3 is 2. The second kappa shape index (κ2) is 27.9. The molecule has 0 amide bonds. The molecular weight excluding hydrogens is 1000 g/mol. The first-order chi connectivity index (χ1) is 35.9. The molecule has 3 saturated heterocycles. The molecule has 21 heteroatoms. The predicted octanol–water partition coefficient (Wildman–Crippen LogP) is 6.33. The molecule has 3 fully saturated rings. The van der Waals surface area contributed by atoms with Crippen LogP contribution in [0.4, 0.5) is 10.5 Å². The zero-order valence-corrected chi connectivity index (χ0v) is 48.9. The molecular formula is C56H89N2O19+. The molecule has 436 valence electrons. The van der Waals surface area contributed by atoms with E-state index < -0.39 is 150 Å². The molecule has 0 radical (unpaired) electrons. The Kier molecular flexibility index (Phi) is 23.4. The summed E-state index contributed by atoms with van der Waals surface area (Å²) in [6.07, 6.45) is -8.05. The van der Waals surface area contributed by atoms with E-state index in [0.29, 0.717) is 6.42 Å². The van der Waals surface area contributed by atoms with Crippen molar-refractivity contribution in [1.82, 2.24) is 0 Å². The molecule has 4 rings (SSSR count). The smallest absolute Gasteiger partial charge is 0.461 e. The summed E-state index contributed by atoms with van der Waals surface area (Å²) in [6, 6.07) is 3.47. The number of esters is 5. The Labute approximate surface area is 455 Å². The lowest BCUT2D eigenvalue weighted by Crippen LogP contribution is -2.60. The minimum Gasteiger partial charge on any atom is -0.461 e. The minimum atomic E-state index is -1.82. The van der Waals surface area contributed by atoms with E-state index in [1.807, 2.05) is 46.7 Å². The summed E-state index contributed by atoms with van der Waals surface area (Å²) in [5.74, 6) is -8.38. The first-order valence-corrected chi connectivity index (χ1v) is 26.9. The van der Waals surface area contributed by atoms with Gasteiger partial charge in [-0.1, -0.05) is 53.0 Å². The maximum atomic E-state index is 15.5. The van der Waals surface area contributed by atoms with Gasteiger partial charge in [0.05, 0.1) is 36.8 Å². The largest absolute Gasteiger partial charge is 0.602 e. The number of rotatable bonds is 16. The molecule has 3 aliphatic heterocycles. The van der Waals surface area contributed by atoms with Gasteiger partial charge in [0.2, 0.25) is 0 Å². The molecule has 0 unspecified atom stereocenters. The van der Waals surface area contributed by atoms with Crippen molar-refractivity contribution in [2.75, 3.05) is 39.8 Å². The molecule has 3 aliphatic rings. The fourth-order valence-corrected chi connectivity index (χ4v) is 11.4. The molecule has 0 aromatic carbocycles. The fourth-order valence-electron chi connectivity index (χ4n) is 11.4. The van der Waals surface area contributed by atoms with Gasteiger partial charge >= 0.3 is 35.9 Å². The number of ketones is 1. The predicted molar refractivity (Wildman–Crippen MR) is 277 cm³/mol. The van der Waals surface area contributed by atoms with Gasteiger partial charge < -0.3 is 61.7 Å². The van der Waals surface area contributed by atoms with Gasteiger partial charge in [-0.15, -0.1) is 0 Å². The number of carbonyl (C=O) groups excluding carboxylic acids is 7. The highest BCUT2D eigenvalue weighted by molar-refractivity contribution is 5.91. The number of cyclic esters (lactones) is 1. The number of ether oxygens (including phenoxy) is 12. The number of hydrogen-bond donors (Lipinski definition) is 0. The van der Waals surface area contributed by atoms with E-state index >= 15 is 9.59 Å². The lowest BCUT2D eigenvalue weighted by molar-refractivity contribution is -0.588. The molecule has 0 N–H and O–H groups in total. The SMILES string of the molecule is CO[C@H]1[C@@H](OC)[C@H](OC[C@H](C)[C@H]2OC(=O)[C@H](C)[C@@H](O[C@H]3C[C@@](C)(OC(C)=O)[C@@H](OC(C)=O)[C@H](C)O3)[C@H](C)C[C@@H](C)C[C@](C)(OC(=O)[n+]3ccc(N(C)C)cc3)C(=O)[C@H](C)[C@H](OC(=O)CC(C)C)[C@H]2C)O[C@H](C)[C@H]1OC(C)=O. The monoisotopic (exact) mass is 1090 g/mol. The van der Waals surface area contributed by atoms with Crippen LogP contribution in [-0.4, -0.2) is 155 Å². The van der Waals surface area contributed by atoms with Gasteiger partial charge in [0, 0.05) is 91.6 Å². The molecule has 0 aliphatic carbocycles.